The summed E-state index contributed by atoms with van der Waals surface area (Å²) in [4.78, 5) is 13.5. The molecule has 0 aromatic heterocycles. The topological polar surface area (TPSA) is 44.1 Å². The Labute approximate surface area is 121 Å². The quantitative estimate of drug-likeness (QED) is 0.851. The molecule has 102 valence electrons. The second kappa shape index (κ2) is 6.67. The van der Waals surface area contributed by atoms with Crippen LogP contribution in [0.5, 0.6) is 0 Å². The lowest BCUT2D eigenvalue weighted by molar-refractivity contribution is -0.134. The van der Waals surface area contributed by atoms with Crippen LogP contribution in [0.25, 0.3) is 0 Å². The van der Waals surface area contributed by atoms with E-state index in [4.69, 9.17) is 5.26 Å². The molecule has 1 rings (SSSR count). The van der Waals surface area contributed by atoms with Gasteiger partial charge in [0.05, 0.1) is 6.07 Å². The van der Waals surface area contributed by atoms with Gasteiger partial charge in [0.2, 0.25) is 5.91 Å². The van der Waals surface area contributed by atoms with Crippen molar-refractivity contribution in [2.24, 2.45) is 11.8 Å². The first-order chi connectivity index (χ1) is 8.86. The number of nitriles is 1. The van der Waals surface area contributed by atoms with E-state index in [-0.39, 0.29) is 24.2 Å². The van der Waals surface area contributed by atoms with E-state index in [2.05, 4.69) is 15.9 Å². The Morgan fingerprint density at radius 2 is 2.16 bits per heavy atom. The van der Waals surface area contributed by atoms with Crippen LogP contribution in [0.15, 0.2) is 22.7 Å². The number of nitrogens with zero attached hydrogens (tertiary/aromatic N) is 2. The van der Waals surface area contributed by atoms with Crippen LogP contribution in [0.4, 0.5) is 4.39 Å². The molecule has 0 saturated carbocycles. The molecule has 0 saturated heterocycles. The van der Waals surface area contributed by atoms with Gasteiger partial charge in [-0.3, -0.25) is 4.79 Å². The van der Waals surface area contributed by atoms with Gasteiger partial charge >= 0.3 is 0 Å². The molecule has 5 heteroatoms. The predicted octanol–water partition coefficient (Wildman–Crippen LogP) is 3.34. The van der Waals surface area contributed by atoms with Gasteiger partial charge in [-0.05, 0) is 24.1 Å². The standard InChI is InChI=1S/C14H16BrFN2O/c1-9(2)12(7-17)14(19)18(3)8-10-6-11(15)4-5-13(10)16/h4-6,9,12H,8H2,1-3H3. The molecule has 0 fully saturated rings. The average Bonchev–Trinajstić information content (AvgIpc) is 2.34. The van der Waals surface area contributed by atoms with Gasteiger partial charge in [0.25, 0.3) is 0 Å². The molecule has 0 N–H and O–H groups in total. The fourth-order valence-corrected chi connectivity index (χ4v) is 2.13. The first-order valence-electron chi connectivity index (χ1n) is 5.95. The third kappa shape index (κ3) is 4.03. The van der Waals surface area contributed by atoms with Gasteiger partial charge < -0.3 is 4.90 Å². The summed E-state index contributed by atoms with van der Waals surface area (Å²) in [7, 11) is 1.58. The number of halogens is 2. The van der Waals surface area contributed by atoms with Crippen molar-refractivity contribution in [1.29, 1.82) is 5.26 Å². The molecule has 0 aliphatic rings. The van der Waals surface area contributed by atoms with Crippen molar-refractivity contribution in [2.75, 3.05) is 7.05 Å². The van der Waals surface area contributed by atoms with Crippen molar-refractivity contribution in [3.8, 4) is 6.07 Å². The number of carbonyl (C=O) groups excluding carboxylic acids is 1. The molecule has 3 nitrogen and oxygen atoms in total. The fraction of sp³-hybridized carbons (Fsp3) is 0.429. The summed E-state index contributed by atoms with van der Waals surface area (Å²) in [6.45, 7) is 3.79. The highest BCUT2D eigenvalue weighted by Gasteiger charge is 2.25. The van der Waals surface area contributed by atoms with Crippen molar-refractivity contribution < 1.29 is 9.18 Å². The molecular formula is C14H16BrFN2O. The maximum absolute atomic E-state index is 13.6. The summed E-state index contributed by atoms with van der Waals surface area (Å²) in [6.07, 6.45) is 0. The van der Waals surface area contributed by atoms with E-state index in [1.54, 1.807) is 19.2 Å². The summed E-state index contributed by atoms with van der Waals surface area (Å²) in [5.74, 6) is -1.40. The first kappa shape index (κ1) is 15.6. The molecule has 0 bridgehead atoms. The smallest absolute Gasteiger partial charge is 0.240 e. The largest absolute Gasteiger partial charge is 0.340 e. The number of rotatable bonds is 4. The van der Waals surface area contributed by atoms with E-state index in [1.807, 2.05) is 19.9 Å². The Kier molecular flexibility index (Phi) is 5.49. The maximum atomic E-state index is 13.6. The first-order valence-corrected chi connectivity index (χ1v) is 6.74. The van der Waals surface area contributed by atoms with Crippen LogP contribution >= 0.6 is 15.9 Å². The lowest BCUT2D eigenvalue weighted by atomic mass is 9.96. The fourth-order valence-electron chi connectivity index (χ4n) is 1.72. The minimum Gasteiger partial charge on any atom is -0.340 e. The lowest BCUT2D eigenvalue weighted by Gasteiger charge is -2.22. The Bertz CT molecular complexity index is 511. The van der Waals surface area contributed by atoms with Crippen LogP contribution in [-0.4, -0.2) is 17.9 Å². The summed E-state index contributed by atoms with van der Waals surface area (Å²) >= 11 is 3.27. The van der Waals surface area contributed by atoms with Crippen molar-refractivity contribution in [3.63, 3.8) is 0 Å². The van der Waals surface area contributed by atoms with Gasteiger partial charge in [0.1, 0.15) is 11.7 Å². The van der Waals surface area contributed by atoms with Crippen LogP contribution in [0.2, 0.25) is 0 Å². The molecule has 0 radical (unpaired) electrons. The van der Waals surface area contributed by atoms with Crippen LogP contribution in [-0.2, 0) is 11.3 Å². The normalized spacial score (nSPS) is 12.1. The van der Waals surface area contributed by atoms with E-state index in [1.165, 1.54) is 11.0 Å². The SMILES string of the molecule is CC(C)C(C#N)C(=O)N(C)Cc1cc(Br)ccc1F. The molecule has 1 unspecified atom stereocenters. The highest BCUT2D eigenvalue weighted by molar-refractivity contribution is 9.10. The van der Waals surface area contributed by atoms with E-state index in [9.17, 15) is 9.18 Å². The Morgan fingerprint density at radius 1 is 1.53 bits per heavy atom. The average molecular weight is 327 g/mol. The summed E-state index contributed by atoms with van der Waals surface area (Å²) < 4.78 is 14.4. The molecule has 0 spiro atoms. The molecule has 1 amide bonds. The zero-order chi connectivity index (χ0) is 14.6. The van der Waals surface area contributed by atoms with Crippen LogP contribution < -0.4 is 0 Å². The van der Waals surface area contributed by atoms with Crippen molar-refractivity contribution in [1.82, 2.24) is 4.90 Å². The van der Waals surface area contributed by atoms with E-state index in [0.29, 0.717) is 5.56 Å². The molecule has 1 atom stereocenters. The van der Waals surface area contributed by atoms with Gasteiger partial charge in [-0.2, -0.15) is 5.26 Å². The molecule has 1 aromatic carbocycles. The summed E-state index contributed by atoms with van der Waals surface area (Å²) in [5, 5.41) is 9.00. The molecular weight excluding hydrogens is 311 g/mol. The minimum absolute atomic E-state index is 0.0627. The second-order valence-electron chi connectivity index (χ2n) is 4.78. The lowest BCUT2D eigenvalue weighted by Crippen LogP contribution is -2.34. The second-order valence-corrected chi connectivity index (χ2v) is 5.70. The van der Waals surface area contributed by atoms with Gasteiger partial charge in [-0.25, -0.2) is 4.39 Å². The van der Waals surface area contributed by atoms with Crippen LogP contribution in [0.3, 0.4) is 0 Å². The third-order valence-corrected chi connectivity index (χ3v) is 3.36. The zero-order valence-electron chi connectivity index (χ0n) is 11.2. The predicted molar refractivity (Wildman–Crippen MR) is 74.5 cm³/mol. The highest BCUT2D eigenvalue weighted by atomic mass is 79.9. The number of hydrogen-bond donors (Lipinski definition) is 0. The Balaban J connectivity index is 2.85. The number of carbonyl (C=O) groups is 1. The van der Waals surface area contributed by atoms with E-state index >= 15 is 0 Å². The molecule has 0 aliphatic heterocycles. The van der Waals surface area contributed by atoms with Crippen LogP contribution in [0.1, 0.15) is 19.4 Å². The maximum Gasteiger partial charge on any atom is 0.240 e. The van der Waals surface area contributed by atoms with Gasteiger partial charge in [-0.15, -0.1) is 0 Å². The summed E-state index contributed by atoms with van der Waals surface area (Å²) in [6, 6.07) is 6.59. The van der Waals surface area contributed by atoms with Gasteiger partial charge in [0, 0.05) is 23.6 Å². The molecule has 1 aromatic rings. The Morgan fingerprint density at radius 3 is 2.68 bits per heavy atom. The minimum atomic E-state index is -0.694. The number of amides is 1. The molecule has 19 heavy (non-hydrogen) atoms. The zero-order valence-corrected chi connectivity index (χ0v) is 12.7. The van der Waals surface area contributed by atoms with Crippen molar-refractivity contribution >= 4 is 21.8 Å². The molecule has 0 heterocycles. The monoisotopic (exact) mass is 326 g/mol. The Hall–Kier alpha value is -1.41. The van der Waals surface area contributed by atoms with Gasteiger partial charge in [-0.1, -0.05) is 29.8 Å². The number of benzene rings is 1. The highest BCUT2D eigenvalue weighted by Crippen LogP contribution is 2.19. The van der Waals surface area contributed by atoms with E-state index < -0.39 is 5.92 Å². The number of hydrogen-bond acceptors (Lipinski definition) is 2. The van der Waals surface area contributed by atoms with Gasteiger partial charge in [0.15, 0.2) is 0 Å². The summed E-state index contributed by atoms with van der Waals surface area (Å²) in [5.41, 5.74) is 0.422. The van der Waals surface area contributed by atoms with Crippen LogP contribution in [0, 0.1) is 29.0 Å². The molecule has 0 aliphatic carbocycles. The van der Waals surface area contributed by atoms with E-state index in [0.717, 1.165) is 4.47 Å². The van der Waals surface area contributed by atoms with Crippen molar-refractivity contribution in [2.45, 2.75) is 20.4 Å². The van der Waals surface area contributed by atoms with Crippen molar-refractivity contribution in [3.05, 3.63) is 34.1 Å². The third-order valence-electron chi connectivity index (χ3n) is 2.86.